The molecule has 2 aliphatic heterocycles. The Bertz CT molecular complexity index is 1470. The normalized spacial score (nSPS) is 18.6. The Balaban J connectivity index is 1.33. The van der Waals surface area contributed by atoms with Crippen LogP contribution in [0.25, 0.3) is 32.6 Å². The molecule has 0 unspecified atom stereocenters. The predicted molar refractivity (Wildman–Crippen MR) is 137 cm³/mol. The lowest BCUT2D eigenvalue weighted by atomic mass is 10.2. The maximum Gasteiger partial charge on any atom is 0.211 e. The van der Waals surface area contributed by atoms with Crippen molar-refractivity contribution in [3.05, 3.63) is 35.5 Å². The lowest BCUT2D eigenvalue weighted by Gasteiger charge is -2.32. The number of sulfonamides is 1. The number of hydrogen-bond donors (Lipinski definition) is 1. The highest BCUT2D eigenvalue weighted by atomic mass is 32.2. The summed E-state index contributed by atoms with van der Waals surface area (Å²) in [7, 11) is -3.13. The van der Waals surface area contributed by atoms with Gasteiger partial charge in [-0.3, -0.25) is 4.90 Å². The van der Waals surface area contributed by atoms with Crippen LogP contribution in [-0.2, 0) is 21.3 Å². The van der Waals surface area contributed by atoms with Crippen molar-refractivity contribution in [2.24, 2.45) is 0 Å². The summed E-state index contributed by atoms with van der Waals surface area (Å²) in [5.74, 6) is 1.61. The van der Waals surface area contributed by atoms with Gasteiger partial charge in [-0.05, 0) is 18.2 Å². The van der Waals surface area contributed by atoms with Crippen LogP contribution < -0.4 is 4.90 Å². The highest BCUT2D eigenvalue weighted by Crippen LogP contribution is 2.35. The predicted octanol–water partition coefficient (Wildman–Crippen LogP) is 2.15. The monoisotopic (exact) mass is 513 g/mol. The largest absolute Gasteiger partial charge is 0.378 e. The number of aromatic nitrogens is 4. The minimum atomic E-state index is -3.13. The molecule has 0 radical (unpaired) electrons. The highest BCUT2D eigenvalue weighted by Gasteiger charge is 2.25. The lowest BCUT2D eigenvalue weighted by Crippen LogP contribution is -2.47. The first-order valence-corrected chi connectivity index (χ1v) is 14.3. The first-order valence-electron chi connectivity index (χ1n) is 11.7. The van der Waals surface area contributed by atoms with Gasteiger partial charge in [0.15, 0.2) is 11.6 Å². The number of piperazine rings is 1. The van der Waals surface area contributed by atoms with Crippen molar-refractivity contribution in [2.75, 3.05) is 63.6 Å². The van der Waals surface area contributed by atoms with Gasteiger partial charge in [0, 0.05) is 74.0 Å². The molecule has 2 aliphatic rings. The number of pyridine rings is 1. The molecule has 0 atom stereocenters. The van der Waals surface area contributed by atoms with E-state index in [0.717, 1.165) is 65.4 Å². The van der Waals surface area contributed by atoms with Crippen molar-refractivity contribution in [1.82, 2.24) is 29.1 Å². The topological polar surface area (TPSA) is 108 Å². The molecule has 0 amide bonds. The maximum atomic E-state index is 11.8. The number of nitrogens with zero attached hydrogens (tertiary/aromatic N) is 6. The third-order valence-corrected chi connectivity index (χ3v) is 8.96. The molecule has 0 aromatic carbocycles. The number of rotatable bonds is 5. The molecule has 0 aliphatic carbocycles. The Hall–Kier alpha value is -2.64. The van der Waals surface area contributed by atoms with Crippen LogP contribution in [0.5, 0.6) is 0 Å². The second-order valence-corrected chi connectivity index (χ2v) is 12.1. The van der Waals surface area contributed by atoms with Crippen LogP contribution in [0.4, 0.5) is 5.82 Å². The van der Waals surface area contributed by atoms with Gasteiger partial charge in [0.2, 0.25) is 10.0 Å². The van der Waals surface area contributed by atoms with Crippen LogP contribution in [-0.4, -0.2) is 96.3 Å². The Morgan fingerprint density at radius 1 is 1.09 bits per heavy atom. The summed E-state index contributed by atoms with van der Waals surface area (Å²) in [6.45, 7) is 6.22. The molecule has 1 N–H and O–H groups in total. The molecule has 0 saturated carbocycles. The Kier molecular flexibility index (Phi) is 5.93. The lowest BCUT2D eigenvalue weighted by molar-refractivity contribution is 0.122. The van der Waals surface area contributed by atoms with Gasteiger partial charge in [-0.25, -0.2) is 23.4 Å². The average molecular weight is 514 g/mol. The molecule has 2 saturated heterocycles. The SMILES string of the molecule is CS(=O)(=O)N1CCN(Cc2cc3nc(-c4cnc5[nH]ccc5c4)nc(N4CCOCC4)c3s2)CC1. The van der Waals surface area contributed by atoms with Gasteiger partial charge in [0.05, 0.1) is 29.7 Å². The molecule has 4 aromatic rings. The van der Waals surface area contributed by atoms with Crippen LogP contribution in [0.15, 0.2) is 30.6 Å². The van der Waals surface area contributed by atoms with Crippen molar-refractivity contribution >= 4 is 48.4 Å². The first-order chi connectivity index (χ1) is 16.9. The second kappa shape index (κ2) is 9.10. The summed E-state index contributed by atoms with van der Waals surface area (Å²) < 4.78 is 31.9. The Labute approximate surface area is 207 Å². The van der Waals surface area contributed by atoms with E-state index in [-0.39, 0.29) is 0 Å². The van der Waals surface area contributed by atoms with Crippen molar-refractivity contribution < 1.29 is 13.2 Å². The van der Waals surface area contributed by atoms with E-state index in [9.17, 15) is 8.42 Å². The zero-order valence-electron chi connectivity index (χ0n) is 19.5. The number of ether oxygens (including phenoxy) is 1. The summed E-state index contributed by atoms with van der Waals surface area (Å²) in [6.07, 6.45) is 4.98. The molecular weight excluding hydrogens is 486 g/mol. The van der Waals surface area contributed by atoms with Gasteiger partial charge in [0.1, 0.15) is 5.65 Å². The van der Waals surface area contributed by atoms with Crippen LogP contribution in [0.3, 0.4) is 0 Å². The van der Waals surface area contributed by atoms with Gasteiger partial charge in [-0.15, -0.1) is 11.3 Å². The molecule has 4 aromatic heterocycles. The minimum absolute atomic E-state index is 0.529. The van der Waals surface area contributed by atoms with Gasteiger partial charge in [-0.1, -0.05) is 0 Å². The van der Waals surface area contributed by atoms with E-state index in [1.54, 1.807) is 15.6 Å². The van der Waals surface area contributed by atoms with E-state index in [1.165, 1.54) is 11.1 Å². The number of aromatic amines is 1. The molecular formula is C23H27N7O3S2. The van der Waals surface area contributed by atoms with Crippen molar-refractivity contribution in [3.8, 4) is 11.4 Å². The zero-order chi connectivity index (χ0) is 24.0. The van der Waals surface area contributed by atoms with Crippen molar-refractivity contribution in [3.63, 3.8) is 0 Å². The molecule has 2 fully saturated rings. The van der Waals surface area contributed by atoms with Crippen molar-refractivity contribution in [2.45, 2.75) is 6.54 Å². The molecule has 0 spiro atoms. The van der Waals surface area contributed by atoms with E-state index in [4.69, 9.17) is 14.7 Å². The third kappa shape index (κ3) is 4.64. The van der Waals surface area contributed by atoms with E-state index in [2.05, 4.69) is 31.9 Å². The van der Waals surface area contributed by atoms with E-state index >= 15 is 0 Å². The summed E-state index contributed by atoms with van der Waals surface area (Å²) >= 11 is 1.72. The fourth-order valence-electron chi connectivity index (χ4n) is 4.66. The number of morpholine rings is 1. The number of anilines is 1. The number of hydrogen-bond acceptors (Lipinski definition) is 9. The number of nitrogens with one attached hydrogen (secondary N) is 1. The van der Waals surface area contributed by atoms with Gasteiger partial charge in [-0.2, -0.15) is 4.31 Å². The molecule has 12 heteroatoms. The quantitative estimate of drug-likeness (QED) is 0.433. The van der Waals surface area contributed by atoms with Crippen LogP contribution in [0, 0.1) is 0 Å². The molecule has 10 nitrogen and oxygen atoms in total. The Morgan fingerprint density at radius 2 is 1.89 bits per heavy atom. The fraction of sp³-hybridized carbons (Fsp3) is 0.435. The summed E-state index contributed by atoms with van der Waals surface area (Å²) in [5, 5.41) is 1.03. The summed E-state index contributed by atoms with van der Waals surface area (Å²) in [4.78, 5) is 23.4. The zero-order valence-corrected chi connectivity index (χ0v) is 21.1. The number of fused-ring (bicyclic) bond motifs is 2. The molecule has 6 rings (SSSR count). The van der Waals surface area contributed by atoms with Crippen LogP contribution >= 0.6 is 11.3 Å². The Morgan fingerprint density at radius 3 is 2.66 bits per heavy atom. The van der Waals surface area contributed by atoms with Crippen molar-refractivity contribution in [1.29, 1.82) is 0 Å². The summed E-state index contributed by atoms with van der Waals surface area (Å²) in [6, 6.07) is 6.22. The van der Waals surface area contributed by atoms with Gasteiger partial charge < -0.3 is 14.6 Å². The van der Waals surface area contributed by atoms with Gasteiger partial charge in [0.25, 0.3) is 0 Å². The van der Waals surface area contributed by atoms with E-state index in [1.807, 2.05) is 18.5 Å². The molecule has 35 heavy (non-hydrogen) atoms. The van der Waals surface area contributed by atoms with Crippen LogP contribution in [0.1, 0.15) is 4.88 Å². The van der Waals surface area contributed by atoms with E-state index < -0.39 is 10.0 Å². The minimum Gasteiger partial charge on any atom is -0.378 e. The average Bonchev–Trinajstić information content (AvgIpc) is 3.49. The third-order valence-electron chi connectivity index (χ3n) is 6.55. The smallest absolute Gasteiger partial charge is 0.211 e. The molecule has 6 heterocycles. The maximum absolute atomic E-state index is 11.8. The van der Waals surface area contributed by atoms with Gasteiger partial charge >= 0.3 is 0 Å². The highest BCUT2D eigenvalue weighted by molar-refractivity contribution is 7.88. The summed E-state index contributed by atoms with van der Waals surface area (Å²) in [5.41, 5.74) is 2.66. The standard InChI is InChI=1S/C23H27N7O3S2/c1-35(31,32)30-6-4-28(5-7-30)15-18-13-19-20(34-18)23(29-8-10-33-11-9-29)27-22(26-19)17-12-16-2-3-24-21(16)25-14-17/h2-3,12-14H,4-11,15H2,1H3,(H,24,25). The molecule has 0 bridgehead atoms. The number of H-pyrrole nitrogens is 1. The second-order valence-electron chi connectivity index (χ2n) is 8.98. The fourth-order valence-corrected chi connectivity index (χ4v) is 6.64. The molecule has 184 valence electrons. The number of thiophene rings is 1. The van der Waals surface area contributed by atoms with Crippen LogP contribution in [0.2, 0.25) is 0 Å². The first kappa shape index (κ1) is 22.8. The van der Waals surface area contributed by atoms with E-state index in [0.29, 0.717) is 32.1 Å².